The van der Waals surface area contributed by atoms with Gasteiger partial charge in [-0.2, -0.15) is 0 Å². The molecule has 2 N–H and O–H groups in total. The first-order valence-electron chi connectivity index (χ1n) is 6.90. The van der Waals surface area contributed by atoms with Crippen molar-refractivity contribution in [1.82, 2.24) is 14.9 Å². The summed E-state index contributed by atoms with van der Waals surface area (Å²) >= 11 is 0. The molecule has 4 heteroatoms. The van der Waals surface area contributed by atoms with Crippen molar-refractivity contribution in [2.45, 2.75) is 58.2 Å². The van der Waals surface area contributed by atoms with Gasteiger partial charge in [-0.1, -0.05) is 6.42 Å². The minimum Gasteiger partial charge on any atom is -0.326 e. The summed E-state index contributed by atoms with van der Waals surface area (Å²) in [7, 11) is 0. The van der Waals surface area contributed by atoms with Gasteiger partial charge in [0.15, 0.2) is 0 Å². The molecule has 2 unspecified atom stereocenters. The summed E-state index contributed by atoms with van der Waals surface area (Å²) < 4.78 is 0. The summed E-state index contributed by atoms with van der Waals surface area (Å²) in [5.74, 6) is 0.827. The molecule has 0 aliphatic carbocycles. The van der Waals surface area contributed by atoms with Crippen molar-refractivity contribution in [2.75, 3.05) is 6.54 Å². The smallest absolute Gasteiger partial charge is 0.125 e. The lowest BCUT2D eigenvalue weighted by molar-refractivity contribution is 0.140. The fourth-order valence-electron chi connectivity index (χ4n) is 2.83. The fourth-order valence-corrected chi connectivity index (χ4v) is 2.83. The predicted molar refractivity (Wildman–Crippen MR) is 73.2 cm³/mol. The molecule has 1 saturated heterocycles. The Balaban J connectivity index is 2.34. The third kappa shape index (κ3) is 2.87. The molecule has 1 aliphatic heterocycles. The highest BCUT2D eigenvalue weighted by molar-refractivity contribution is 5.11. The summed E-state index contributed by atoms with van der Waals surface area (Å²) in [5, 5.41) is 0. The van der Waals surface area contributed by atoms with Crippen molar-refractivity contribution in [1.29, 1.82) is 0 Å². The lowest BCUT2D eigenvalue weighted by Gasteiger charge is -2.36. The number of nitrogens with zero attached hydrogens (tertiary/aromatic N) is 3. The van der Waals surface area contributed by atoms with Crippen LogP contribution in [0.15, 0.2) is 12.3 Å². The summed E-state index contributed by atoms with van der Waals surface area (Å²) in [6, 6.07) is 2.91. The van der Waals surface area contributed by atoms with Crippen LogP contribution in [0.5, 0.6) is 0 Å². The van der Waals surface area contributed by atoms with E-state index in [-0.39, 0.29) is 12.1 Å². The molecule has 1 fully saturated rings. The van der Waals surface area contributed by atoms with E-state index in [9.17, 15) is 0 Å². The molecule has 18 heavy (non-hydrogen) atoms. The standard InChI is InChI=1S/C14H24N4/c1-10(2)18-9-5-4-6-12(15)14(18)13-7-8-16-11(3)17-13/h7-8,10,12,14H,4-6,9,15H2,1-3H3. The molecule has 1 aliphatic rings. The minimum atomic E-state index is 0.171. The van der Waals surface area contributed by atoms with Crippen LogP contribution in [0.2, 0.25) is 0 Å². The van der Waals surface area contributed by atoms with Gasteiger partial charge in [-0.25, -0.2) is 9.97 Å². The molecule has 4 nitrogen and oxygen atoms in total. The molecule has 2 heterocycles. The maximum atomic E-state index is 6.39. The molecule has 0 amide bonds. The average Bonchev–Trinajstić information content (AvgIpc) is 2.51. The Morgan fingerprint density at radius 3 is 2.83 bits per heavy atom. The maximum absolute atomic E-state index is 6.39. The van der Waals surface area contributed by atoms with Crippen LogP contribution in [0.25, 0.3) is 0 Å². The van der Waals surface area contributed by atoms with Crippen LogP contribution in [0, 0.1) is 6.92 Å². The van der Waals surface area contributed by atoms with Crippen LogP contribution in [0.1, 0.15) is 50.7 Å². The van der Waals surface area contributed by atoms with Crippen LogP contribution in [-0.2, 0) is 0 Å². The highest BCUT2D eigenvalue weighted by atomic mass is 15.2. The largest absolute Gasteiger partial charge is 0.326 e. The zero-order valence-electron chi connectivity index (χ0n) is 11.6. The van der Waals surface area contributed by atoms with Crippen molar-refractivity contribution in [3.05, 3.63) is 23.8 Å². The SMILES string of the molecule is Cc1nccc(C2C(N)CCCCN2C(C)C)n1. The Morgan fingerprint density at radius 2 is 2.17 bits per heavy atom. The molecular formula is C14H24N4. The molecule has 0 bridgehead atoms. The third-order valence-electron chi connectivity index (χ3n) is 3.73. The topological polar surface area (TPSA) is 55.0 Å². The molecule has 2 atom stereocenters. The monoisotopic (exact) mass is 248 g/mol. The van der Waals surface area contributed by atoms with E-state index in [0.717, 1.165) is 24.5 Å². The second-order valence-corrected chi connectivity index (χ2v) is 5.46. The molecule has 0 aromatic carbocycles. The zero-order valence-corrected chi connectivity index (χ0v) is 11.6. The number of hydrogen-bond donors (Lipinski definition) is 1. The van der Waals surface area contributed by atoms with Crippen LogP contribution >= 0.6 is 0 Å². The van der Waals surface area contributed by atoms with Gasteiger partial charge in [-0.3, -0.25) is 4.90 Å². The van der Waals surface area contributed by atoms with Crippen LogP contribution in [0.3, 0.4) is 0 Å². The van der Waals surface area contributed by atoms with E-state index in [1.54, 1.807) is 0 Å². The van der Waals surface area contributed by atoms with E-state index in [0.29, 0.717) is 6.04 Å². The van der Waals surface area contributed by atoms with Gasteiger partial charge in [0.05, 0.1) is 11.7 Å². The highest BCUT2D eigenvalue weighted by Gasteiger charge is 2.31. The van der Waals surface area contributed by atoms with Crippen molar-refractivity contribution in [2.24, 2.45) is 5.73 Å². The van der Waals surface area contributed by atoms with Gasteiger partial charge in [-0.15, -0.1) is 0 Å². The predicted octanol–water partition coefficient (Wildman–Crippen LogP) is 2.05. The molecule has 2 rings (SSSR count). The van der Waals surface area contributed by atoms with Crippen molar-refractivity contribution in [3.8, 4) is 0 Å². The normalized spacial score (nSPS) is 26.3. The Bertz CT molecular complexity index is 391. The Kier molecular flexibility index (Phi) is 4.30. The molecular weight excluding hydrogens is 224 g/mol. The van der Waals surface area contributed by atoms with Gasteiger partial charge < -0.3 is 5.73 Å². The van der Waals surface area contributed by atoms with Gasteiger partial charge in [0, 0.05) is 18.3 Å². The second-order valence-electron chi connectivity index (χ2n) is 5.46. The van der Waals surface area contributed by atoms with E-state index < -0.39 is 0 Å². The van der Waals surface area contributed by atoms with Gasteiger partial charge in [-0.05, 0) is 46.2 Å². The quantitative estimate of drug-likeness (QED) is 0.870. The van der Waals surface area contributed by atoms with Crippen LogP contribution in [-0.4, -0.2) is 33.5 Å². The second kappa shape index (κ2) is 5.76. The fraction of sp³-hybridized carbons (Fsp3) is 0.714. The lowest BCUT2D eigenvalue weighted by Crippen LogP contribution is -2.43. The van der Waals surface area contributed by atoms with Gasteiger partial charge in [0.25, 0.3) is 0 Å². The van der Waals surface area contributed by atoms with Gasteiger partial charge in [0.2, 0.25) is 0 Å². The van der Waals surface area contributed by atoms with E-state index in [2.05, 4.69) is 28.7 Å². The lowest BCUT2D eigenvalue weighted by atomic mass is 10.00. The third-order valence-corrected chi connectivity index (χ3v) is 3.73. The van der Waals surface area contributed by atoms with E-state index in [1.807, 2.05) is 19.2 Å². The number of aromatic nitrogens is 2. The Morgan fingerprint density at radius 1 is 1.39 bits per heavy atom. The summed E-state index contributed by atoms with van der Waals surface area (Å²) in [6.07, 6.45) is 5.36. The highest BCUT2D eigenvalue weighted by Crippen LogP contribution is 2.29. The summed E-state index contributed by atoms with van der Waals surface area (Å²) in [5.41, 5.74) is 7.46. The maximum Gasteiger partial charge on any atom is 0.125 e. The molecule has 0 saturated carbocycles. The van der Waals surface area contributed by atoms with Crippen LogP contribution < -0.4 is 5.73 Å². The van der Waals surface area contributed by atoms with Crippen LogP contribution in [0.4, 0.5) is 0 Å². The average molecular weight is 248 g/mol. The summed E-state index contributed by atoms with van der Waals surface area (Å²) in [6.45, 7) is 7.52. The number of nitrogens with two attached hydrogens (primary N) is 1. The number of hydrogen-bond acceptors (Lipinski definition) is 4. The molecule has 1 aromatic heterocycles. The Hall–Kier alpha value is -1.00. The first kappa shape index (κ1) is 13.4. The first-order valence-corrected chi connectivity index (χ1v) is 6.90. The van der Waals surface area contributed by atoms with E-state index in [4.69, 9.17) is 5.73 Å². The zero-order chi connectivity index (χ0) is 13.1. The van der Waals surface area contributed by atoms with Crippen molar-refractivity contribution >= 4 is 0 Å². The molecule has 100 valence electrons. The molecule has 0 radical (unpaired) electrons. The van der Waals surface area contributed by atoms with Gasteiger partial charge >= 0.3 is 0 Å². The number of likely N-dealkylation sites (tertiary alicyclic amines) is 1. The van der Waals surface area contributed by atoms with E-state index >= 15 is 0 Å². The molecule has 1 aromatic rings. The number of aryl methyl sites for hydroxylation is 1. The summed E-state index contributed by atoms with van der Waals surface area (Å²) in [4.78, 5) is 11.3. The van der Waals surface area contributed by atoms with E-state index in [1.165, 1.54) is 12.8 Å². The van der Waals surface area contributed by atoms with Crippen molar-refractivity contribution < 1.29 is 0 Å². The minimum absolute atomic E-state index is 0.171. The van der Waals surface area contributed by atoms with Crippen molar-refractivity contribution in [3.63, 3.8) is 0 Å². The number of rotatable bonds is 2. The molecule has 0 spiro atoms. The first-order chi connectivity index (χ1) is 8.59. The van der Waals surface area contributed by atoms with Gasteiger partial charge in [0.1, 0.15) is 5.82 Å². The Labute approximate surface area is 110 Å².